The maximum atomic E-state index is 11.6. The fourth-order valence-electron chi connectivity index (χ4n) is 3.44. The summed E-state index contributed by atoms with van der Waals surface area (Å²) < 4.78 is 0. The molecule has 0 aromatic carbocycles. The highest BCUT2D eigenvalue weighted by atomic mass is 32.1. The average Bonchev–Trinajstić information content (AvgIpc) is 2.79. The molecule has 3 aliphatic rings. The molecular formula is C10H14N2OS. The Morgan fingerprint density at radius 1 is 1.29 bits per heavy atom. The number of amides is 1. The first-order chi connectivity index (χ1) is 6.74. The molecule has 4 heteroatoms. The predicted molar refractivity (Wildman–Crippen MR) is 56.6 cm³/mol. The van der Waals surface area contributed by atoms with E-state index in [1.54, 1.807) is 0 Å². The monoisotopic (exact) mass is 210 g/mol. The molecule has 4 unspecified atom stereocenters. The number of carbonyl (C=O) groups excluding carboxylic acids is 1. The number of rotatable bonds is 1. The molecule has 2 saturated carbocycles. The molecule has 0 aromatic heterocycles. The Balaban J connectivity index is 1.77. The Morgan fingerprint density at radius 2 is 2.14 bits per heavy atom. The van der Waals surface area contributed by atoms with Crippen molar-refractivity contribution in [3.8, 4) is 0 Å². The highest BCUT2D eigenvalue weighted by Crippen LogP contribution is 2.49. The van der Waals surface area contributed by atoms with E-state index >= 15 is 0 Å². The van der Waals surface area contributed by atoms with Crippen molar-refractivity contribution in [2.24, 2.45) is 17.8 Å². The first-order valence-corrected chi connectivity index (χ1v) is 5.76. The summed E-state index contributed by atoms with van der Waals surface area (Å²) in [7, 11) is 0. The number of fused-ring (bicyclic) bond motifs is 2. The van der Waals surface area contributed by atoms with Crippen molar-refractivity contribution in [3.63, 3.8) is 0 Å². The van der Waals surface area contributed by atoms with Gasteiger partial charge in [-0.25, -0.2) is 0 Å². The summed E-state index contributed by atoms with van der Waals surface area (Å²) in [5.74, 6) is 2.28. The van der Waals surface area contributed by atoms with Crippen LogP contribution in [0.25, 0.3) is 0 Å². The Hall–Kier alpha value is -0.640. The molecule has 76 valence electrons. The van der Waals surface area contributed by atoms with Crippen molar-refractivity contribution < 1.29 is 4.79 Å². The van der Waals surface area contributed by atoms with Gasteiger partial charge in [0.05, 0.1) is 0 Å². The molecule has 0 aromatic rings. The van der Waals surface area contributed by atoms with E-state index in [0.29, 0.717) is 11.0 Å². The fourth-order valence-corrected chi connectivity index (χ4v) is 3.66. The second-order valence-electron chi connectivity index (χ2n) is 4.78. The minimum absolute atomic E-state index is 0.0298. The van der Waals surface area contributed by atoms with Crippen molar-refractivity contribution in [1.29, 1.82) is 0 Å². The number of carbonyl (C=O) groups is 1. The molecule has 3 fully saturated rings. The zero-order valence-electron chi connectivity index (χ0n) is 7.95. The lowest BCUT2D eigenvalue weighted by Crippen LogP contribution is -2.39. The minimum atomic E-state index is -0.0298. The van der Waals surface area contributed by atoms with Crippen molar-refractivity contribution in [1.82, 2.24) is 10.6 Å². The highest BCUT2D eigenvalue weighted by Gasteiger charge is 2.47. The normalized spacial score (nSPS) is 45.4. The third-order valence-electron chi connectivity index (χ3n) is 4.03. The topological polar surface area (TPSA) is 41.1 Å². The van der Waals surface area contributed by atoms with Crippen molar-refractivity contribution in [3.05, 3.63) is 0 Å². The molecule has 2 bridgehead atoms. The second kappa shape index (κ2) is 2.92. The fraction of sp³-hybridized carbons (Fsp3) is 0.800. The molecule has 14 heavy (non-hydrogen) atoms. The quantitative estimate of drug-likeness (QED) is 0.629. The van der Waals surface area contributed by atoms with Crippen LogP contribution in [0.2, 0.25) is 0 Å². The molecule has 4 atom stereocenters. The van der Waals surface area contributed by atoms with Gasteiger partial charge in [-0.05, 0) is 49.2 Å². The largest absolute Gasteiger partial charge is 0.350 e. The first kappa shape index (κ1) is 8.65. The molecule has 1 heterocycles. The standard InChI is InChI=1S/C10H14N2OS/c13-9-8(11-10(14)12-9)7-4-5-1-2-6(7)3-5/h5-8H,1-4H2,(H2,11,12,13,14). The van der Waals surface area contributed by atoms with Gasteiger partial charge in [0.15, 0.2) is 5.11 Å². The number of nitrogens with one attached hydrogen (secondary N) is 2. The van der Waals surface area contributed by atoms with Gasteiger partial charge in [0.2, 0.25) is 5.91 Å². The number of hydrogen-bond donors (Lipinski definition) is 2. The Bertz CT molecular complexity index is 304. The van der Waals surface area contributed by atoms with Crippen LogP contribution in [0.4, 0.5) is 0 Å². The van der Waals surface area contributed by atoms with Crippen molar-refractivity contribution in [2.75, 3.05) is 0 Å². The van der Waals surface area contributed by atoms with Crippen molar-refractivity contribution >= 4 is 23.2 Å². The zero-order valence-corrected chi connectivity index (χ0v) is 8.77. The van der Waals surface area contributed by atoms with E-state index < -0.39 is 0 Å². The summed E-state index contributed by atoms with van der Waals surface area (Å²) in [4.78, 5) is 11.6. The van der Waals surface area contributed by atoms with E-state index in [1.165, 1.54) is 25.7 Å². The molecule has 0 radical (unpaired) electrons. The summed E-state index contributed by atoms with van der Waals surface area (Å²) in [6.45, 7) is 0. The average molecular weight is 210 g/mol. The predicted octanol–water partition coefficient (Wildman–Crippen LogP) is 0.795. The SMILES string of the molecule is O=C1NC(=S)NC1C1CC2CCC1C2. The van der Waals surface area contributed by atoms with E-state index in [0.717, 1.165) is 11.8 Å². The van der Waals surface area contributed by atoms with Gasteiger partial charge in [-0.2, -0.15) is 0 Å². The smallest absolute Gasteiger partial charge is 0.248 e. The third-order valence-corrected chi connectivity index (χ3v) is 4.25. The van der Waals surface area contributed by atoms with Gasteiger partial charge in [0, 0.05) is 0 Å². The molecule has 1 amide bonds. The number of thiocarbonyl (C=S) groups is 1. The molecule has 3 nitrogen and oxygen atoms in total. The van der Waals surface area contributed by atoms with Gasteiger partial charge in [0.1, 0.15) is 6.04 Å². The van der Waals surface area contributed by atoms with Crippen LogP contribution in [0.1, 0.15) is 25.7 Å². The number of hydrogen-bond acceptors (Lipinski definition) is 2. The van der Waals surface area contributed by atoms with Crippen LogP contribution in [-0.2, 0) is 4.79 Å². The summed E-state index contributed by atoms with van der Waals surface area (Å²) in [6, 6.07) is -0.0298. The lowest BCUT2D eigenvalue weighted by Gasteiger charge is -2.25. The lowest BCUT2D eigenvalue weighted by molar-refractivity contribution is -0.121. The van der Waals surface area contributed by atoms with Crippen LogP contribution >= 0.6 is 12.2 Å². The maximum Gasteiger partial charge on any atom is 0.248 e. The lowest BCUT2D eigenvalue weighted by atomic mass is 9.83. The Kier molecular flexibility index (Phi) is 1.81. The van der Waals surface area contributed by atoms with Crippen molar-refractivity contribution in [2.45, 2.75) is 31.7 Å². The van der Waals surface area contributed by atoms with Crippen LogP contribution in [0.5, 0.6) is 0 Å². The first-order valence-electron chi connectivity index (χ1n) is 5.35. The van der Waals surface area contributed by atoms with Gasteiger partial charge < -0.3 is 10.6 Å². The van der Waals surface area contributed by atoms with Crippen LogP contribution in [-0.4, -0.2) is 17.1 Å². The third kappa shape index (κ3) is 1.16. The van der Waals surface area contributed by atoms with E-state index in [4.69, 9.17) is 12.2 Å². The maximum absolute atomic E-state index is 11.6. The Labute approximate surface area is 88.6 Å². The molecule has 0 spiro atoms. The van der Waals surface area contributed by atoms with Gasteiger partial charge >= 0.3 is 0 Å². The van der Waals surface area contributed by atoms with Crippen LogP contribution in [0, 0.1) is 17.8 Å². The second-order valence-corrected chi connectivity index (χ2v) is 5.19. The Morgan fingerprint density at radius 3 is 2.64 bits per heavy atom. The molecular weight excluding hydrogens is 196 g/mol. The highest BCUT2D eigenvalue weighted by molar-refractivity contribution is 7.80. The van der Waals surface area contributed by atoms with Gasteiger partial charge in [0.25, 0.3) is 0 Å². The summed E-state index contributed by atoms with van der Waals surface area (Å²) in [5, 5.41) is 6.30. The summed E-state index contributed by atoms with van der Waals surface area (Å²) in [5.41, 5.74) is 0. The van der Waals surface area contributed by atoms with E-state index in [9.17, 15) is 4.79 Å². The van der Waals surface area contributed by atoms with E-state index in [2.05, 4.69) is 10.6 Å². The molecule has 2 aliphatic carbocycles. The molecule has 3 rings (SSSR count). The van der Waals surface area contributed by atoms with Crippen LogP contribution in [0.3, 0.4) is 0 Å². The van der Waals surface area contributed by atoms with Gasteiger partial charge in [-0.1, -0.05) is 6.42 Å². The summed E-state index contributed by atoms with van der Waals surface area (Å²) in [6.07, 6.45) is 5.24. The molecule has 1 saturated heterocycles. The summed E-state index contributed by atoms with van der Waals surface area (Å²) >= 11 is 4.95. The van der Waals surface area contributed by atoms with Gasteiger partial charge in [-0.3, -0.25) is 4.79 Å². The van der Waals surface area contributed by atoms with Crippen LogP contribution < -0.4 is 10.6 Å². The minimum Gasteiger partial charge on any atom is -0.350 e. The van der Waals surface area contributed by atoms with Gasteiger partial charge in [-0.15, -0.1) is 0 Å². The van der Waals surface area contributed by atoms with Crippen LogP contribution in [0.15, 0.2) is 0 Å². The molecule has 1 aliphatic heterocycles. The zero-order chi connectivity index (χ0) is 9.71. The van der Waals surface area contributed by atoms with E-state index in [-0.39, 0.29) is 11.9 Å². The molecule has 2 N–H and O–H groups in total. The van der Waals surface area contributed by atoms with E-state index in [1.807, 2.05) is 0 Å².